The van der Waals surface area contributed by atoms with E-state index in [4.69, 9.17) is 0 Å². The van der Waals surface area contributed by atoms with E-state index in [0.717, 1.165) is 42.7 Å². The lowest BCUT2D eigenvalue weighted by atomic mass is 10.1. The molecule has 0 radical (unpaired) electrons. The molecular weight excluding hydrogens is 631 g/mol. The van der Waals surface area contributed by atoms with Crippen molar-refractivity contribution < 1.29 is 53.5 Å². The summed E-state index contributed by atoms with van der Waals surface area (Å²) in [5.74, 6) is -4.29. The fraction of sp³-hybridized carbons (Fsp3) is 0.333. The lowest BCUT2D eigenvalue weighted by molar-refractivity contribution is -0.145. The van der Waals surface area contributed by atoms with Gasteiger partial charge in [0.2, 0.25) is 21.8 Å². The van der Waals surface area contributed by atoms with Crippen molar-refractivity contribution >= 4 is 24.2 Å². The minimum Gasteiger partial charge on any atom is -0.326 e. The van der Waals surface area contributed by atoms with Crippen LogP contribution in [0.4, 0.5) is 26.3 Å². The molecule has 0 spiro atoms. The molecule has 0 saturated carbocycles. The van der Waals surface area contributed by atoms with Crippen molar-refractivity contribution in [2.75, 3.05) is 6.73 Å². The molecule has 1 fully saturated rings. The highest BCUT2D eigenvalue weighted by molar-refractivity contribution is 7.89. The summed E-state index contributed by atoms with van der Waals surface area (Å²) < 4.78 is 125. The normalized spacial score (nSPS) is 20.2. The van der Waals surface area contributed by atoms with Gasteiger partial charge in [0.25, 0.3) is 0 Å². The Bertz CT molecular complexity index is 1610. The highest BCUT2D eigenvalue weighted by Gasteiger charge is 2.50. The van der Waals surface area contributed by atoms with Gasteiger partial charge >= 0.3 is 14.4 Å². The van der Waals surface area contributed by atoms with Crippen LogP contribution in [0.3, 0.4) is 0 Å². The fourth-order valence-electron chi connectivity index (χ4n) is 4.38. The number of alkyl halides is 4. The van der Waals surface area contributed by atoms with Crippen LogP contribution >= 0.6 is 8.25 Å². The first-order valence-corrected chi connectivity index (χ1v) is 14.9. The average Bonchev–Trinajstić information content (AvgIpc) is 3.25. The van der Waals surface area contributed by atoms with Crippen molar-refractivity contribution in [2.45, 2.75) is 49.2 Å². The van der Waals surface area contributed by atoms with Gasteiger partial charge in [-0.05, 0) is 37.3 Å². The molecule has 1 aromatic carbocycles. The smallest absolute Gasteiger partial charge is 0.326 e. The second kappa shape index (κ2) is 12.7. The maximum atomic E-state index is 14.9. The summed E-state index contributed by atoms with van der Waals surface area (Å²) in [6.07, 6.45) is -4.98. The maximum absolute atomic E-state index is 14.9. The molecule has 0 aliphatic carbocycles. The van der Waals surface area contributed by atoms with Gasteiger partial charge in [0.15, 0.2) is 0 Å². The lowest BCUT2D eigenvalue weighted by Gasteiger charge is -2.31. The van der Waals surface area contributed by atoms with Gasteiger partial charge in [0, 0.05) is 29.9 Å². The van der Waals surface area contributed by atoms with Crippen LogP contribution in [0.1, 0.15) is 24.7 Å². The molecule has 4 rings (SSSR count). The van der Waals surface area contributed by atoms with Crippen molar-refractivity contribution in [3.8, 4) is 11.3 Å². The molecule has 1 aliphatic rings. The second-order valence-electron chi connectivity index (χ2n) is 9.33. The van der Waals surface area contributed by atoms with Gasteiger partial charge in [-0.15, -0.1) is 0 Å². The van der Waals surface area contributed by atoms with Gasteiger partial charge in [0.1, 0.15) is 30.6 Å². The van der Waals surface area contributed by atoms with Gasteiger partial charge in [-0.25, -0.2) is 31.6 Å². The molecule has 11 nitrogen and oxygen atoms in total. The van der Waals surface area contributed by atoms with Gasteiger partial charge in [-0.3, -0.25) is 18.9 Å². The summed E-state index contributed by atoms with van der Waals surface area (Å²) >= 11 is 0. The van der Waals surface area contributed by atoms with E-state index >= 15 is 0 Å². The Hall–Kier alpha value is -3.44. The Kier molecular flexibility index (Phi) is 9.56. The third kappa shape index (κ3) is 7.21. The van der Waals surface area contributed by atoms with E-state index in [1.165, 1.54) is 6.92 Å². The summed E-state index contributed by atoms with van der Waals surface area (Å²) in [6, 6.07) is 1.57. The number of carbonyl (C=O) groups excluding carboxylic acids is 1. The fourth-order valence-corrected chi connectivity index (χ4v) is 6.46. The highest BCUT2D eigenvalue weighted by atomic mass is 32.2. The van der Waals surface area contributed by atoms with Crippen molar-refractivity contribution in [3.05, 3.63) is 71.9 Å². The molecule has 2 aromatic heterocycles. The monoisotopic (exact) mass is 653 g/mol. The van der Waals surface area contributed by atoms with Crippen LogP contribution in [0, 0.1) is 11.6 Å². The molecule has 3 heterocycles. The summed E-state index contributed by atoms with van der Waals surface area (Å²) in [5, 5.41) is 0. The van der Waals surface area contributed by atoms with E-state index in [0.29, 0.717) is 15.4 Å². The van der Waals surface area contributed by atoms with Crippen LogP contribution in [0.25, 0.3) is 11.3 Å². The van der Waals surface area contributed by atoms with Crippen LogP contribution in [0.2, 0.25) is 0 Å². The first kappa shape index (κ1) is 32.5. The summed E-state index contributed by atoms with van der Waals surface area (Å²) in [7, 11) is -8.24. The number of nitrogens with zero attached hydrogens (tertiary/aromatic N) is 5. The van der Waals surface area contributed by atoms with Crippen LogP contribution in [-0.2, 0) is 36.6 Å². The zero-order chi connectivity index (χ0) is 31.7. The molecule has 1 saturated heterocycles. The minimum atomic E-state index is -4.82. The van der Waals surface area contributed by atoms with Crippen molar-refractivity contribution in [1.29, 1.82) is 0 Å². The van der Waals surface area contributed by atoms with Gasteiger partial charge < -0.3 is 9.79 Å². The number of pyridine rings is 1. The Balaban J connectivity index is 1.67. The molecule has 19 heteroatoms. The molecule has 1 N–H and O–H groups in total. The minimum absolute atomic E-state index is 0.0507. The topological polar surface area (TPSA) is 143 Å². The quantitative estimate of drug-likeness (QED) is 0.208. The zero-order valence-electron chi connectivity index (χ0n) is 21.9. The number of carbonyl (C=O) groups is 1. The number of amides is 1. The lowest BCUT2D eigenvalue weighted by Crippen LogP contribution is -2.50. The summed E-state index contributed by atoms with van der Waals surface area (Å²) in [5.41, 5.74) is -0.464. The molecule has 0 bridgehead atoms. The maximum Gasteiger partial charge on any atom is 0.451 e. The average molecular weight is 653 g/mol. The van der Waals surface area contributed by atoms with Crippen molar-refractivity contribution in [1.82, 2.24) is 24.2 Å². The van der Waals surface area contributed by atoms with E-state index in [1.54, 1.807) is 0 Å². The third-order valence-corrected chi connectivity index (χ3v) is 8.89. The molecule has 43 heavy (non-hydrogen) atoms. The second-order valence-corrected chi connectivity index (χ2v) is 12.0. The van der Waals surface area contributed by atoms with Crippen molar-refractivity contribution in [3.63, 3.8) is 0 Å². The largest absolute Gasteiger partial charge is 0.451 e. The number of hydrogen-bond donors (Lipinski definition) is 1. The van der Waals surface area contributed by atoms with Crippen LogP contribution < -0.4 is 0 Å². The van der Waals surface area contributed by atoms with E-state index in [2.05, 4.69) is 19.5 Å². The molecule has 1 aliphatic heterocycles. The number of halogens is 6. The zero-order valence-corrected chi connectivity index (χ0v) is 23.7. The Morgan fingerprint density at radius 3 is 2.35 bits per heavy atom. The molecule has 1 amide bonds. The van der Waals surface area contributed by atoms with E-state index in [9.17, 15) is 49.0 Å². The number of benzene rings is 1. The predicted molar refractivity (Wildman–Crippen MR) is 136 cm³/mol. The third-order valence-electron chi connectivity index (χ3n) is 6.51. The van der Waals surface area contributed by atoms with Crippen LogP contribution in [0.15, 0.2) is 53.8 Å². The molecule has 1 unspecified atom stereocenters. The Morgan fingerprint density at radius 1 is 1.14 bits per heavy atom. The standard InChI is InChI=1S/C24H22F6N5O6PS/c1-13-18(26)7-21(35(13)43(39,40)17-4-2-16(25)3-5-17)22(36)34(12-41-42(37)38)11-14-6-20(31-10-19(14)27)15-8-32-23(33-9-15)24(28,29)30/h2-6,8-10,13,18,21,42H,7,11-12H2,1H3,(H,37,38)/t13-,18+,21-/m0/s1. The number of rotatable bonds is 9. The van der Waals surface area contributed by atoms with E-state index in [-0.39, 0.29) is 16.8 Å². The van der Waals surface area contributed by atoms with Crippen LogP contribution in [0.5, 0.6) is 0 Å². The Labute approximate surface area is 241 Å². The van der Waals surface area contributed by atoms with Crippen LogP contribution in [-0.4, -0.2) is 68.4 Å². The first-order chi connectivity index (χ1) is 20.1. The predicted octanol–water partition coefficient (Wildman–Crippen LogP) is 3.71. The first-order valence-electron chi connectivity index (χ1n) is 12.2. The van der Waals surface area contributed by atoms with Gasteiger partial charge in [-0.2, -0.15) is 17.5 Å². The number of hydrogen-bond acceptors (Lipinski definition) is 8. The number of aromatic nitrogens is 3. The number of sulfonamides is 1. The SMILES string of the molecule is C[C@H]1[C@H](F)C[C@@H](C(=O)N(CO[PH](=O)O)Cc2cc(-c3cnc(C(F)(F)F)nc3)ncc2F)N1S(=O)(=O)c1ccc(F)cc1. The van der Waals surface area contributed by atoms with E-state index < -0.39 is 90.7 Å². The molecule has 232 valence electrons. The van der Waals surface area contributed by atoms with E-state index in [1.807, 2.05) is 0 Å². The Morgan fingerprint density at radius 2 is 1.77 bits per heavy atom. The van der Waals surface area contributed by atoms with Gasteiger partial charge in [-0.1, -0.05) is 0 Å². The molecule has 3 aromatic rings. The highest BCUT2D eigenvalue weighted by Crippen LogP contribution is 2.35. The summed E-state index contributed by atoms with van der Waals surface area (Å²) in [6.45, 7) is -0.448. The summed E-state index contributed by atoms with van der Waals surface area (Å²) in [4.78, 5) is 33.3. The molecular formula is C24H22F6N5O6PS. The molecule has 4 atom stereocenters. The van der Waals surface area contributed by atoms with Gasteiger partial charge in [0.05, 0.1) is 29.4 Å². The van der Waals surface area contributed by atoms with Crippen molar-refractivity contribution in [2.24, 2.45) is 0 Å².